The Morgan fingerprint density at radius 1 is 1.47 bits per heavy atom. The van der Waals surface area contributed by atoms with Crippen LogP contribution in [0.1, 0.15) is 13.8 Å². The van der Waals surface area contributed by atoms with Gasteiger partial charge in [0.05, 0.1) is 18.1 Å². The molecule has 0 amide bonds. The molecule has 0 saturated heterocycles. The molecular weight excluding hydrogens is 262 g/mol. The molecule has 5 nitrogen and oxygen atoms in total. The summed E-state index contributed by atoms with van der Waals surface area (Å²) >= 11 is 5.74. The van der Waals surface area contributed by atoms with Crippen molar-refractivity contribution < 1.29 is 8.42 Å². The summed E-state index contributed by atoms with van der Waals surface area (Å²) in [6.45, 7) is 3.47. The summed E-state index contributed by atoms with van der Waals surface area (Å²) in [5.74, 6) is 0.803. The molecule has 0 aliphatic rings. The summed E-state index contributed by atoms with van der Waals surface area (Å²) in [6.07, 6.45) is 2.99. The van der Waals surface area contributed by atoms with Crippen LogP contribution in [0.4, 0.5) is 5.82 Å². The van der Waals surface area contributed by atoms with Gasteiger partial charge >= 0.3 is 0 Å². The Morgan fingerprint density at radius 2 is 2.12 bits per heavy atom. The van der Waals surface area contributed by atoms with Crippen LogP contribution in [0.5, 0.6) is 0 Å². The fraction of sp³-hybridized carbons (Fsp3) is 0.600. The van der Waals surface area contributed by atoms with Crippen molar-refractivity contribution in [2.75, 3.05) is 23.5 Å². The molecule has 0 aromatic carbocycles. The van der Waals surface area contributed by atoms with Crippen molar-refractivity contribution in [3.05, 3.63) is 17.5 Å². The van der Waals surface area contributed by atoms with Gasteiger partial charge in [-0.15, -0.1) is 0 Å². The summed E-state index contributed by atoms with van der Waals surface area (Å²) in [7, 11) is -1.23. The Labute approximate surface area is 107 Å². The topological polar surface area (TPSA) is 63.2 Å². The fourth-order valence-corrected chi connectivity index (χ4v) is 2.66. The van der Waals surface area contributed by atoms with Gasteiger partial charge in [-0.2, -0.15) is 0 Å². The zero-order chi connectivity index (χ0) is 13.1. The third-order valence-corrected chi connectivity index (χ3v) is 4.60. The van der Waals surface area contributed by atoms with Gasteiger partial charge in [-0.1, -0.05) is 18.5 Å². The summed E-state index contributed by atoms with van der Waals surface area (Å²) < 4.78 is 23.0. The highest BCUT2D eigenvalue weighted by Gasteiger charge is 2.18. The van der Waals surface area contributed by atoms with Gasteiger partial charge in [0, 0.05) is 18.8 Å². The Balaban J connectivity index is 2.80. The lowest BCUT2D eigenvalue weighted by molar-refractivity contribution is 0.588. The van der Waals surface area contributed by atoms with E-state index in [4.69, 9.17) is 11.6 Å². The van der Waals surface area contributed by atoms with E-state index in [1.54, 1.807) is 25.1 Å². The third-order valence-electron chi connectivity index (χ3n) is 2.55. The van der Waals surface area contributed by atoms with Crippen LogP contribution in [0.25, 0.3) is 0 Å². The Bertz CT molecular complexity index is 478. The highest BCUT2D eigenvalue weighted by Crippen LogP contribution is 2.14. The Hall–Kier alpha value is -0.880. The molecule has 0 fully saturated rings. The zero-order valence-corrected chi connectivity index (χ0v) is 11.7. The van der Waals surface area contributed by atoms with Gasteiger partial charge in [0.2, 0.25) is 0 Å². The van der Waals surface area contributed by atoms with Crippen LogP contribution in [0.2, 0.25) is 5.15 Å². The quantitative estimate of drug-likeness (QED) is 0.814. The molecule has 96 valence electrons. The lowest BCUT2D eigenvalue weighted by Crippen LogP contribution is -2.36. The summed E-state index contributed by atoms with van der Waals surface area (Å²) in [5.41, 5.74) is 0. The second-order valence-corrected chi connectivity index (χ2v) is 6.64. The number of halogens is 1. The van der Waals surface area contributed by atoms with Crippen LogP contribution in [0.3, 0.4) is 0 Å². The summed E-state index contributed by atoms with van der Waals surface area (Å²) in [6, 6.07) is -0.173. The second kappa shape index (κ2) is 5.64. The minimum Gasteiger partial charge on any atom is -0.355 e. The molecule has 0 saturated carbocycles. The minimum absolute atomic E-state index is 0.0915. The number of hydrogen-bond acceptors (Lipinski definition) is 5. The van der Waals surface area contributed by atoms with Crippen molar-refractivity contribution in [3.8, 4) is 0 Å². The van der Waals surface area contributed by atoms with Crippen molar-refractivity contribution in [1.29, 1.82) is 0 Å². The molecule has 0 bridgehead atoms. The number of anilines is 1. The van der Waals surface area contributed by atoms with Gasteiger partial charge in [0.1, 0.15) is 11.0 Å². The molecule has 0 N–H and O–H groups in total. The molecule has 17 heavy (non-hydrogen) atoms. The molecule has 1 aromatic heterocycles. The molecule has 1 aromatic rings. The molecule has 0 radical (unpaired) electrons. The van der Waals surface area contributed by atoms with E-state index >= 15 is 0 Å². The molecule has 1 atom stereocenters. The predicted molar refractivity (Wildman–Crippen MR) is 69.2 cm³/mol. The number of nitrogens with zero attached hydrogens (tertiary/aromatic N) is 3. The lowest BCUT2D eigenvalue weighted by Gasteiger charge is -2.25. The molecule has 1 heterocycles. The van der Waals surface area contributed by atoms with E-state index in [0.29, 0.717) is 11.0 Å². The van der Waals surface area contributed by atoms with Crippen molar-refractivity contribution in [2.45, 2.75) is 19.9 Å². The van der Waals surface area contributed by atoms with E-state index in [1.165, 1.54) is 6.20 Å². The Morgan fingerprint density at radius 3 is 2.65 bits per heavy atom. The van der Waals surface area contributed by atoms with Crippen LogP contribution in [0, 0.1) is 0 Å². The maximum atomic E-state index is 11.5. The van der Waals surface area contributed by atoms with E-state index in [0.717, 1.165) is 0 Å². The first kappa shape index (κ1) is 14.2. The number of rotatable bonds is 5. The van der Waals surface area contributed by atoms with Crippen molar-refractivity contribution in [2.24, 2.45) is 0 Å². The van der Waals surface area contributed by atoms with E-state index in [9.17, 15) is 8.42 Å². The van der Waals surface area contributed by atoms with Crippen LogP contribution < -0.4 is 4.90 Å². The maximum absolute atomic E-state index is 11.5. The van der Waals surface area contributed by atoms with E-state index in [1.807, 2.05) is 6.92 Å². The van der Waals surface area contributed by atoms with Gasteiger partial charge < -0.3 is 4.90 Å². The summed E-state index contributed by atoms with van der Waals surface area (Å²) in [5, 5.41) is 0.292. The monoisotopic (exact) mass is 277 g/mol. The van der Waals surface area contributed by atoms with Crippen LogP contribution in [-0.2, 0) is 9.84 Å². The molecule has 0 spiro atoms. The van der Waals surface area contributed by atoms with Crippen LogP contribution >= 0.6 is 11.6 Å². The summed E-state index contributed by atoms with van der Waals surface area (Å²) in [4.78, 5) is 9.76. The first-order chi connectivity index (χ1) is 7.85. The minimum atomic E-state index is -3.00. The van der Waals surface area contributed by atoms with E-state index in [2.05, 4.69) is 9.97 Å². The van der Waals surface area contributed by atoms with Gasteiger partial charge in [-0.3, -0.25) is 4.98 Å². The maximum Gasteiger partial charge on any atom is 0.152 e. The smallest absolute Gasteiger partial charge is 0.152 e. The highest BCUT2D eigenvalue weighted by molar-refractivity contribution is 7.91. The lowest BCUT2D eigenvalue weighted by atomic mass is 10.3. The second-order valence-electron chi connectivity index (χ2n) is 3.86. The van der Waals surface area contributed by atoms with Crippen molar-refractivity contribution >= 4 is 27.3 Å². The van der Waals surface area contributed by atoms with E-state index in [-0.39, 0.29) is 17.5 Å². The molecule has 7 heteroatoms. The third kappa shape index (κ3) is 4.12. The average Bonchev–Trinajstić information content (AvgIpc) is 2.27. The highest BCUT2D eigenvalue weighted by atomic mass is 35.5. The molecule has 0 unspecified atom stereocenters. The molecule has 1 rings (SSSR count). The predicted octanol–water partition coefficient (Wildman–Crippen LogP) is 1.39. The van der Waals surface area contributed by atoms with E-state index < -0.39 is 9.84 Å². The van der Waals surface area contributed by atoms with Gasteiger partial charge in [0.15, 0.2) is 9.84 Å². The fourth-order valence-electron chi connectivity index (χ4n) is 1.33. The number of hydrogen-bond donors (Lipinski definition) is 0. The first-order valence-electron chi connectivity index (χ1n) is 5.26. The number of sulfone groups is 1. The standard InChI is InChI=1S/C10H16ClN3O2S/c1-4-17(15,16)7-8(2)14(3)10-6-12-5-9(11)13-10/h5-6,8H,4,7H2,1-3H3/t8-/m0/s1. The van der Waals surface area contributed by atoms with Gasteiger partial charge in [-0.25, -0.2) is 13.4 Å². The SMILES string of the molecule is CCS(=O)(=O)C[C@H](C)N(C)c1cncc(Cl)n1. The van der Waals surface area contributed by atoms with Gasteiger partial charge in [-0.05, 0) is 6.92 Å². The molecule has 0 aliphatic carbocycles. The zero-order valence-electron chi connectivity index (χ0n) is 10.1. The van der Waals surface area contributed by atoms with Crippen LogP contribution in [-0.4, -0.2) is 43.0 Å². The molecular formula is C10H16ClN3O2S. The average molecular weight is 278 g/mol. The normalized spacial score (nSPS) is 13.4. The van der Waals surface area contributed by atoms with Crippen molar-refractivity contribution in [1.82, 2.24) is 9.97 Å². The van der Waals surface area contributed by atoms with Crippen molar-refractivity contribution in [3.63, 3.8) is 0 Å². The number of aromatic nitrogens is 2. The van der Waals surface area contributed by atoms with Crippen LogP contribution in [0.15, 0.2) is 12.4 Å². The van der Waals surface area contributed by atoms with Gasteiger partial charge in [0.25, 0.3) is 0 Å². The Kier molecular flexibility index (Phi) is 4.70. The largest absolute Gasteiger partial charge is 0.355 e. The first-order valence-corrected chi connectivity index (χ1v) is 7.46. The molecule has 0 aliphatic heterocycles.